The van der Waals surface area contributed by atoms with E-state index in [-0.39, 0.29) is 16.9 Å². The minimum absolute atomic E-state index is 0.0752. The summed E-state index contributed by atoms with van der Waals surface area (Å²) in [7, 11) is -2.12. The molecule has 0 saturated carbocycles. The summed E-state index contributed by atoms with van der Waals surface area (Å²) in [5.41, 5.74) is 1.95. The Hall–Kier alpha value is -2.25. The molecule has 32 heavy (non-hydrogen) atoms. The summed E-state index contributed by atoms with van der Waals surface area (Å²) in [6, 6.07) is 8.15. The average Bonchev–Trinajstić information content (AvgIpc) is 3.40. The number of ether oxygens (including phenoxy) is 1. The number of anilines is 1. The van der Waals surface area contributed by atoms with E-state index in [1.165, 1.54) is 44.8 Å². The van der Waals surface area contributed by atoms with Crippen molar-refractivity contribution < 1.29 is 17.9 Å². The van der Waals surface area contributed by atoms with Crippen LogP contribution < -0.4 is 5.32 Å². The molecule has 2 aromatic rings. The molecular weight excluding hydrogens is 446 g/mol. The lowest BCUT2D eigenvalue weighted by molar-refractivity contribution is 0.0979. The van der Waals surface area contributed by atoms with Crippen LogP contribution in [-0.4, -0.2) is 44.9 Å². The van der Waals surface area contributed by atoms with Crippen molar-refractivity contribution in [2.75, 3.05) is 25.5 Å². The molecule has 1 aromatic heterocycles. The van der Waals surface area contributed by atoms with Crippen LogP contribution in [0.15, 0.2) is 29.2 Å². The number of carbonyl (C=O) groups excluding carboxylic acids is 1. The van der Waals surface area contributed by atoms with Crippen molar-refractivity contribution in [2.24, 2.45) is 5.92 Å². The van der Waals surface area contributed by atoms with E-state index in [1.807, 2.05) is 0 Å². The van der Waals surface area contributed by atoms with Gasteiger partial charge in [-0.2, -0.15) is 9.57 Å². The predicted octanol–water partition coefficient (Wildman–Crippen LogP) is 3.80. The first-order valence-electron chi connectivity index (χ1n) is 10.8. The molecule has 7 nitrogen and oxygen atoms in total. The van der Waals surface area contributed by atoms with Crippen molar-refractivity contribution >= 4 is 32.3 Å². The predicted molar refractivity (Wildman–Crippen MR) is 123 cm³/mol. The first kappa shape index (κ1) is 22.9. The van der Waals surface area contributed by atoms with E-state index >= 15 is 0 Å². The van der Waals surface area contributed by atoms with Gasteiger partial charge < -0.3 is 10.1 Å². The number of nitrogens with one attached hydrogen (secondary N) is 1. The maximum Gasteiger partial charge on any atom is 0.256 e. The van der Waals surface area contributed by atoms with Crippen LogP contribution in [0.25, 0.3) is 0 Å². The molecule has 0 bridgehead atoms. The van der Waals surface area contributed by atoms with Crippen LogP contribution in [-0.2, 0) is 27.6 Å². The van der Waals surface area contributed by atoms with Gasteiger partial charge in [-0.3, -0.25) is 4.79 Å². The summed E-state index contributed by atoms with van der Waals surface area (Å²) in [6.45, 7) is 3.17. The number of amides is 1. The number of hydrogen-bond donors (Lipinski definition) is 1. The highest BCUT2D eigenvalue weighted by atomic mass is 32.2. The monoisotopic (exact) mass is 473 g/mol. The second kappa shape index (κ2) is 9.32. The Kier molecular flexibility index (Phi) is 6.67. The van der Waals surface area contributed by atoms with Gasteiger partial charge in [0, 0.05) is 30.6 Å². The lowest BCUT2D eigenvalue weighted by atomic mass is 9.88. The van der Waals surface area contributed by atoms with Crippen LogP contribution in [0.4, 0.5) is 5.00 Å². The number of thiophene rings is 1. The number of rotatable bonds is 6. The summed E-state index contributed by atoms with van der Waals surface area (Å²) < 4.78 is 32.5. The Morgan fingerprint density at radius 1 is 1.31 bits per heavy atom. The van der Waals surface area contributed by atoms with Gasteiger partial charge in [0.25, 0.3) is 5.91 Å². The van der Waals surface area contributed by atoms with Crippen LogP contribution in [0.2, 0.25) is 0 Å². The number of nitrogens with zero attached hydrogens (tertiary/aromatic N) is 2. The molecule has 1 aromatic carbocycles. The van der Waals surface area contributed by atoms with Gasteiger partial charge in [-0.05, 0) is 67.9 Å². The smallest absolute Gasteiger partial charge is 0.256 e. The summed E-state index contributed by atoms with van der Waals surface area (Å²) in [5.74, 6) is 0.217. The summed E-state index contributed by atoms with van der Waals surface area (Å²) in [4.78, 5) is 14.1. The summed E-state index contributed by atoms with van der Waals surface area (Å²) in [6.07, 6.45) is 4.56. The minimum atomic E-state index is -3.67. The van der Waals surface area contributed by atoms with Gasteiger partial charge in [0.15, 0.2) is 0 Å². The molecule has 1 aliphatic carbocycles. The molecule has 0 spiro atoms. The first-order chi connectivity index (χ1) is 15.3. The molecule has 1 saturated heterocycles. The zero-order valence-corrected chi connectivity index (χ0v) is 19.9. The SMILES string of the molecule is CC1CCc2c(sc(NC(=O)c3ccc(S(=O)(=O)N(C)CC4CCCO4)cc3)c2C#N)C1. The zero-order chi connectivity index (χ0) is 22.9. The fourth-order valence-corrected chi connectivity index (χ4v) is 6.82. The Morgan fingerprint density at radius 2 is 2.06 bits per heavy atom. The third kappa shape index (κ3) is 4.59. The molecular formula is C23H27N3O4S2. The molecule has 1 fully saturated rings. The van der Waals surface area contributed by atoms with Crippen LogP contribution in [0.1, 0.15) is 52.5 Å². The topological polar surface area (TPSA) is 99.5 Å². The highest BCUT2D eigenvalue weighted by Gasteiger charge is 2.27. The Bertz CT molecular complexity index is 1140. The molecule has 1 amide bonds. The van der Waals surface area contributed by atoms with Gasteiger partial charge in [0.2, 0.25) is 10.0 Å². The number of sulfonamides is 1. The van der Waals surface area contributed by atoms with Gasteiger partial charge in [-0.1, -0.05) is 6.92 Å². The number of fused-ring (bicyclic) bond motifs is 1. The van der Waals surface area contributed by atoms with Crippen LogP contribution in [0.3, 0.4) is 0 Å². The van der Waals surface area contributed by atoms with Crippen molar-refractivity contribution in [3.05, 3.63) is 45.8 Å². The average molecular weight is 474 g/mol. The molecule has 0 radical (unpaired) electrons. The highest BCUT2D eigenvalue weighted by Crippen LogP contribution is 2.39. The third-order valence-corrected chi connectivity index (χ3v) is 9.17. The normalized spacial score (nSPS) is 20.7. The van der Waals surface area contributed by atoms with Crippen LogP contribution in [0.5, 0.6) is 0 Å². The van der Waals surface area contributed by atoms with Gasteiger partial charge in [0.05, 0.1) is 16.6 Å². The van der Waals surface area contributed by atoms with Crippen molar-refractivity contribution in [3.63, 3.8) is 0 Å². The van der Waals surface area contributed by atoms with Crippen LogP contribution in [0, 0.1) is 17.2 Å². The zero-order valence-electron chi connectivity index (χ0n) is 18.3. The van der Waals surface area contributed by atoms with Crippen molar-refractivity contribution in [1.29, 1.82) is 5.26 Å². The van der Waals surface area contributed by atoms with E-state index < -0.39 is 10.0 Å². The Balaban J connectivity index is 1.47. The van der Waals surface area contributed by atoms with E-state index in [0.29, 0.717) is 35.2 Å². The van der Waals surface area contributed by atoms with Crippen LogP contribution >= 0.6 is 11.3 Å². The largest absolute Gasteiger partial charge is 0.377 e. The first-order valence-corrected chi connectivity index (χ1v) is 13.1. The van der Waals surface area contributed by atoms with Gasteiger partial charge in [-0.15, -0.1) is 11.3 Å². The van der Waals surface area contributed by atoms with E-state index in [0.717, 1.165) is 37.7 Å². The summed E-state index contributed by atoms with van der Waals surface area (Å²) in [5, 5.41) is 13.1. The summed E-state index contributed by atoms with van der Waals surface area (Å²) >= 11 is 1.47. The highest BCUT2D eigenvalue weighted by molar-refractivity contribution is 7.89. The Morgan fingerprint density at radius 3 is 2.72 bits per heavy atom. The molecule has 170 valence electrons. The molecule has 9 heteroatoms. The quantitative estimate of drug-likeness (QED) is 0.688. The maximum absolute atomic E-state index is 12.8. The molecule has 2 aliphatic rings. The minimum Gasteiger partial charge on any atom is -0.377 e. The van der Waals surface area contributed by atoms with Gasteiger partial charge in [0.1, 0.15) is 11.1 Å². The fraction of sp³-hybridized carbons (Fsp3) is 0.478. The second-order valence-corrected chi connectivity index (χ2v) is 11.7. The number of nitriles is 1. The molecule has 1 N–H and O–H groups in total. The third-order valence-electron chi connectivity index (χ3n) is 6.16. The van der Waals surface area contributed by atoms with E-state index in [4.69, 9.17) is 4.74 Å². The van der Waals surface area contributed by atoms with E-state index in [2.05, 4.69) is 18.3 Å². The Labute approximate surface area is 193 Å². The molecule has 1 aliphatic heterocycles. The standard InChI is InChI=1S/C23H27N3O4S2/c1-15-5-10-19-20(13-24)23(31-21(19)12-15)25-22(27)16-6-8-18(9-7-16)32(28,29)26(2)14-17-4-3-11-30-17/h6-9,15,17H,3-5,10-12,14H2,1-2H3,(H,25,27). The van der Waals surface area contributed by atoms with E-state index in [9.17, 15) is 18.5 Å². The number of benzene rings is 1. The van der Waals surface area contributed by atoms with Gasteiger partial charge >= 0.3 is 0 Å². The lowest BCUT2D eigenvalue weighted by Crippen LogP contribution is -2.34. The molecule has 2 heterocycles. The second-order valence-electron chi connectivity index (χ2n) is 8.57. The number of hydrogen-bond acceptors (Lipinski definition) is 6. The molecule has 4 rings (SSSR count). The number of likely N-dealkylation sites (N-methyl/N-ethyl adjacent to an activating group) is 1. The fourth-order valence-electron chi connectivity index (χ4n) is 4.26. The lowest BCUT2D eigenvalue weighted by Gasteiger charge is -2.20. The van der Waals surface area contributed by atoms with Crippen molar-refractivity contribution in [2.45, 2.75) is 50.0 Å². The van der Waals surface area contributed by atoms with E-state index in [1.54, 1.807) is 7.05 Å². The van der Waals surface area contributed by atoms with Crippen molar-refractivity contribution in [3.8, 4) is 6.07 Å². The maximum atomic E-state index is 12.8. The van der Waals surface area contributed by atoms with Gasteiger partial charge in [-0.25, -0.2) is 8.42 Å². The molecule has 2 atom stereocenters. The molecule has 2 unspecified atom stereocenters. The number of carbonyl (C=O) groups is 1. The van der Waals surface area contributed by atoms with Crippen molar-refractivity contribution in [1.82, 2.24) is 4.31 Å².